The largest absolute Gasteiger partial charge is 0.381 e. The summed E-state index contributed by atoms with van der Waals surface area (Å²) in [6.45, 7) is 5.98. The number of anilines is 1. The summed E-state index contributed by atoms with van der Waals surface area (Å²) in [6, 6.07) is 1.89. The highest BCUT2D eigenvalue weighted by Gasteiger charge is 2.13. The van der Waals surface area contributed by atoms with Crippen LogP contribution in [-0.2, 0) is 0 Å². The van der Waals surface area contributed by atoms with Crippen LogP contribution in [0.2, 0.25) is 5.02 Å². The number of likely N-dealkylation sites (N-methyl/N-ethyl adjacent to an activating group) is 1. The second-order valence-corrected chi connectivity index (χ2v) is 5.64. The zero-order valence-corrected chi connectivity index (χ0v) is 12.6. The van der Waals surface area contributed by atoms with Crippen LogP contribution in [0.4, 0.5) is 5.69 Å². The first kappa shape index (κ1) is 14.1. The Morgan fingerprint density at radius 3 is 2.74 bits per heavy atom. The Balaban J connectivity index is 2.33. The third kappa shape index (κ3) is 3.16. The van der Waals surface area contributed by atoms with Gasteiger partial charge in [0, 0.05) is 25.2 Å². The average Bonchev–Trinajstić information content (AvgIpc) is 2.71. The predicted molar refractivity (Wildman–Crippen MR) is 79.1 cm³/mol. The van der Waals surface area contributed by atoms with E-state index in [0.717, 1.165) is 30.2 Å². The Kier molecular flexibility index (Phi) is 4.27. The van der Waals surface area contributed by atoms with Crippen molar-refractivity contribution in [1.82, 2.24) is 19.5 Å². The van der Waals surface area contributed by atoms with Crippen LogP contribution in [0.3, 0.4) is 0 Å². The van der Waals surface area contributed by atoms with E-state index in [2.05, 4.69) is 34.3 Å². The first-order valence-electron chi connectivity index (χ1n) is 6.42. The van der Waals surface area contributed by atoms with Crippen molar-refractivity contribution < 1.29 is 0 Å². The SMILES string of the molecule is CC(C)c1nnc2c(NCCN(C)C)cc(Cl)cn12. The van der Waals surface area contributed by atoms with Gasteiger partial charge in [-0.05, 0) is 20.2 Å². The molecule has 0 saturated heterocycles. The summed E-state index contributed by atoms with van der Waals surface area (Å²) in [5, 5.41) is 12.5. The zero-order valence-electron chi connectivity index (χ0n) is 11.8. The van der Waals surface area contributed by atoms with Gasteiger partial charge in [0.1, 0.15) is 5.82 Å². The summed E-state index contributed by atoms with van der Waals surface area (Å²) >= 11 is 6.17. The molecule has 5 nitrogen and oxygen atoms in total. The van der Waals surface area contributed by atoms with Crippen LogP contribution in [0.15, 0.2) is 12.3 Å². The molecule has 0 aliphatic heterocycles. The number of aromatic nitrogens is 3. The normalized spacial score (nSPS) is 11.7. The lowest BCUT2D eigenvalue weighted by Gasteiger charge is -2.12. The Morgan fingerprint density at radius 2 is 2.11 bits per heavy atom. The molecule has 0 spiro atoms. The molecule has 0 radical (unpaired) electrons. The van der Waals surface area contributed by atoms with Crippen LogP contribution in [-0.4, -0.2) is 46.7 Å². The van der Waals surface area contributed by atoms with Gasteiger partial charge >= 0.3 is 0 Å². The van der Waals surface area contributed by atoms with E-state index in [1.165, 1.54) is 0 Å². The first-order valence-corrected chi connectivity index (χ1v) is 6.79. The van der Waals surface area contributed by atoms with Crippen LogP contribution in [0.25, 0.3) is 5.65 Å². The molecule has 104 valence electrons. The summed E-state index contributed by atoms with van der Waals surface area (Å²) in [5.74, 6) is 1.23. The highest BCUT2D eigenvalue weighted by Crippen LogP contribution is 2.24. The zero-order chi connectivity index (χ0) is 14.0. The van der Waals surface area contributed by atoms with Crippen molar-refractivity contribution in [2.45, 2.75) is 19.8 Å². The minimum absolute atomic E-state index is 0.308. The van der Waals surface area contributed by atoms with Crippen LogP contribution >= 0.6 is 11.6 Å². The van der Waals surface area contributed by atoms with Gasteiger partial charge < -0.3 is 10.2 Å². The summed E-state index contributed by atoms with van der Waals surface area (Å²) in [6.07, 6.45) is 1.86. The molecule has 0 aliphatic rings. The van der Waals surface area contributed by atoms with Crippen molar-refractivity contribution >= 4 is 22.9 Å². The van der Waals surface area contributed by atoms with Gasteiger partial charge in [-0.1, -0.05) is 25.4 Å². The lowest BCUT2D eigenvalue weighted by atomic mass is 10.2. The molecule has 6 heteroatoms. The molecule has 0 bridgehead atoms. The molecule has 2 heterocycles. The molecular weight excluding hydrogens is 262 g/mol. The van der Waals surface area contributed by atoms with E-state index in [0.29, 0.717) is 10.9 Å². The van der Waals surface area contributed by atoms with Gasteiger partial charge in [-0.3, -0.25) is 4.40 Å². The van der Waals surface area contributed by atoms with Crippen LogP contribution in [0.5, 0.6) is 0 Å². The predicted octanol–water partition coefficient (Wildman–Crippen LogP) is 2.48. The molecule has 19 heavy (non-hydrogen) atoms. The van der Waals surface area contributed by atoms with E-state index < -0.39 is 0 Å². The minimum Gasteiger partial charge on any atom is -0.381 e. The quantitative estimate of drug-likeness (QED) is 0.915. The van der Waals surface area contributed by atoms with Gasteiger partial charge in [-0.25, -0.2) is 0 Å². The highest BCUT2D eigenvalue weighted by molar-refractivity contribution is 6.30. The number of nitrogens with one attached hydrogen (secondary N) is 1. The van der Waals surface area contributed by atoms with Crippen molar-refractivity contribution in [3.05, 3.63) is 23.1 Å². The number of nitrogens with zero attached hydrogens (tertiary/aromatic N) is 4. The molecule has 2 rings (SSSR count). The van der Waals surface area contributed by atoms with E-state index in [1.54, 1.807) is 0 Å². The third-order valence-electron chi connectivity index (χ3n) is 2.89. The molecule has 2 aromatic heterocycles. The second-order valence-electron chi connectivity index (χ2n) is 5.21. The number of halogens is 1. The molecule has 0 saturated carbocycles. The summed E-state index contributed by atoms with van der Waals surface area (Å²) in [7, 11) is 4.09. The number of fused-ring (bicyclic) bond motifs is 1. The molecule has 2 aromatic rings. The van der Waals surface area contributed by atoms with Crippen molar-refractivity contribution in [3.8, 4) is 0 Å². The Hall–Kier alpha value is -1.33. The Bertz CT molecular complexity index is 561. The van der Waals surface area contributed by atoms with Gasteiger partial charge in [0.05, 0.1) is 10.7 Å². The third-order valence-corrected chi connectivity index (χ3v) is 3.10. The highest BCUT2D eigenvalue weighted by atomic mass is 35.5. The number of hydrogen-bond donors (Lipinski definition) is 1. The van der Waals surface area contributed by atoms with E-state index in [4.69, 9.17) is 11.6 Å². The Labute approximate surface area is 118 Å². The molecule has 0 amide bonds. The fourth-order valence-electron chi connectivity index (χ4n) is 1.92. The summed E-state index contributed by atoms with van der Waals surface area (Å²) < 4.78 is 1.96. The maximum atomic E-state index is 6.17. The van der Waals surface area contributed by atoms with Gasteiger partial charge in [0.25, 0.3) is 0 Å². The minimum atomic E-state index is 0.308. The molecule has 0 aliphatic carbocycles. The Morgan fingerprint density at radius 1 is 1.37 bits per heavy atom. The van der Waals surface area contributed by atoms with E-state index in [-0.39, 0.29) is 0 Å². The lowest BCUT2D eigenvalue weighted by Crippen LogP contribution is -2.21. The summed E-state index contributed by atoms with van der Waals surface area (Å²) in [4.78, 5) is 2.12. The van der Waals surface area contributed by atoms with Gasteiger partial charge in [0.15, 0.2) is 5.65 Å². The maximum absolute atomic E-state index is 6.17. The van der Waals surface area contributed by atoms with E-state index >= 15 is 0 Å². The first-order chi connectivity index (χ1) is 8.99. The number of rotatable bonds is 5. The smallest absolute Gasteiger partial charge is 0.184 e. The van der Waals surface area contributed by atoms with E-state index in [9.17, 15) is 0 Å². The van der Waals surface area contributed by atoms with Gasteiger partial charge in [0.2, 0.25) is 0 Å². The fraction of sp³-hybridized carbons (Fsp3) is 0.538. The van der Waals surface area contributed by atoms with Crippen molar-refractivity contribution in [1.29, 1.82) is 0 Å². The molecule has 1 N–H and O–H groups in total. The second kappa shape index (κ2) is 5.75. The summed E-state index contributed by atoms with van der Waals surface area (Å²) in [5.41, 5.74) is 1.75. The van der Waals surface area contributed by atoms with Crippen molar-refractivity contribution in [2.24, 2.45) is 0 Å². The van der Waals surface area contributed by atoms with Gasteiger partial charge in [-0.2, -0.15) is 0 Å². The molecular formula is C13H20ClN5. The van der Waals surface area contributed by atoms with Crippen LogP contribution in [0, 0.1) is 0 Å². The molecule has 0 unspecified atom stereocenters. The van der Waals surface area contributed by atoms with Crippen LogP contribution in [0.1, 0.15) is 25.6 Å². The number of pyridine rings is 1. The van der Waals surface area contributed by atoms with Crippen molar-refractivity contribution in [3.63, 3.8) is 0 Å². The topological polar surface area (TPSA) is 45.5 Å². The maximum Gasteiger partial charge on any atom is 0.184 e. The molecule has 0 fully saturated rings. The number of hydrogen-bond acceptors (Lipinski definition) is 4. The lowest BCUT2D eigenvalue weighted by molar-refractivity contribution is 0.425. The standard InChI is InChI=1S/C13H20ClN5/c1-9(2)12-16-17-13-11(15-5-6-18(3)4)7-10(14)8-19(12)13/h7-9,15H,5-6H2,1-4H3. The monoisotopic (exact) mass is 281 g/mol. The molecule has 0 atom stereocenters. The van der Waals surface area contributed by atoms with Gasteiger partial charge in [-0.15, -0.1) is 10.2 Å². The van der Waals surface area contributed by atoms with E-state index in [1.807, 2.05) is 30.8 Å². The van der Waals surface area contributed by atoms with Crippen molar-refractivity contribution in [2.75, 3.05) is 32.5 Å². The fourth-order valence-corrected chi connectivity index (χ4v) is 2.12. The average molecular weight is 282 g/mol. The molecule has 0 aromatic carbocycles. The van der Waals surface area contributed by atoms with Crippen LogP contribution < -0.4 is 5.32 Å².